The number of amides is 1. The van der Waals surface area contributed by atoms with Crippen molar-refractivity contribution in [2.45, 2.75) is 6.54 Å². The molecule has 134 valence electrons. The van der Waals surface area contributed by atoms with Crippen LogP contribution in [0.2, 0.25) is 0 Å². The summed E-state index contributed by atoms with van der Waals surface area (Å²) >= 11 is 3.21. The summed E-state index contributed by atoms with van der Waals surface area (Å²) in [6, 6.07) is 23.1. The van der Waals surface area contributed by atoms with Gasteiger partial charge in [0.1, 0.15) is 0 Å². The summed E-state index contributed by atoms with van der Waals surface area (Å²) in [5.74, 6) is -0.00856. The summed E-state index contributed by atoms with van der Waals surface area (Å²) in [6.45, 7) is 0.341. The fourth-order valence-corrected chi connectivity index (χ4v) is 3.10. The van der Waals surface area contributed by atoms with Crippen LogP contribution in [-0.4, -0.2) is 15.7 Å². The summed E-state index contributed by atoms with van der Waals surface area (Å²) in [4.78, 5) is 12.3. The van der Waals surface area contributed by atoms with Gasteiger partial charge in [0.25, 0.3) is 5.91 Å². The van der Waals surface area contributed by atoms with Crippen molar-refractivity contribution < 1.29 is 9.21 Å². The third-order valence-electron chi connectivity index (χ3n) is 4.09. The van der Waals surface area contributed by atoms with Crippen molar-refractivity contribution in [1.29, 1.82) is 0 Å². The SMILES string of the molecule is O=C(NCc1cn(-c2ccccc2)nc1-c1ccccc1)c1ccc(Br)o1. The molecule has 0 aliphatic rings. The van der Waals surface area contributed by atoms with Crippen molar-refractivity contribution in [3.8, 4) is 16.9 Å². The van der Waals surface area contributed by atoms with Crippen LogP contribution in [0, 0.1) is 0 Å². The molecule has 2 aromatic carbocycles. The van der Waals surface area contributed by atoms with Crippen molar-refractivity contribution >= 4 is 21.8 Å². The second kappa shape index (κ2) is 7.63. The van der Waals surface area contributed by atoms with Crippen molar-refractivity contribution in [3.63, 3.8) is 0 Å². The van der Waals surface area contributed by atoms with Gasteiger partial charge in [-0.1, -0.05) is 48.5 Å². The van der Waals surface area contributed by atoms with E-state index in [0.29, 0.717) is 11.2 Å². The van der Waals surface area contributed by atoms with Crippen LogP contribution in [0.3, 0.4) is 0 Å². The van der Waals surface area contributed by atoms with Crippen LogP contribution in [0.4, 0.5) is 0 Å². The lowest BCUT2D eigenvalue weighted by Crippen LogP contribution is -2.22. The number of nitrogens with zero attached hydrogens (tertiary/aromatic N) is 2. The molecule has 0 saturated carbocycles. The zero-order chi connectivity index (χ0) is 18.6. The average molecular weight is 422 g/mol. The molecule has 0 radical (unpaired) electrons. The molecule has 1 N–H and O–H groups in total. The molecular weight excluding hydrogens is 406 g/mol. The Morgan fingerprint density at radius 3 is 2.37 bits per heavy atom. The first-order valence-electron chi connectivity index (χ1n) is 8.43. The highest BCUT2D eigenvalue weighted by molar-refractivity contribution is 9.10. The highest BCUT2D eigenvalue weighted by Crippen LogP contribution is 2.24. The number of benzene rings is 2. The van der Waals surface area contributed by atoms with Crippen molar-refractivity contribution in [3.05, 3.63) is 95.0 Å². The van der Waals surface area contributed by atoms with E-state index in [1.165, 1.54) is 0 Å². The quantitative estimate of drug-likeness (QED) is 0.502. The fraction of sp³-hybridized carbons (Fsp3) is 0.0476. The smallest absolute Gasteiger partial charge is 0.287 e. The largest absolute Gasteiger partial charge is 0.444 e. The maximum absolute atomic E-state index is 12.3. The van der Waals surface area contributed by atoms with Crippen LogP contribution in [0.1, 0.15) is 16.1 Å². The van der Waals surface area contributed by atoms with E-state index in [1.807, 2.05) is 71.5 Å². The van der Waals surface area contributed by atoms with Gasteiger partial charge in [-0.25, -0.2) is 4.68 Å². The number of aromatic nitrogens is 2. The van der Waals surface area contributed by atoms with Gasteiger partial charge in [-0.3, -0.25) is 4.79 Å². The van der Waals surface area contributed by atoms with Crippen LogP contribution < -0.4 is 5.32 Å². The van der Waals surface area contributed by atoms with Crippen molar-refractivity contribution in [2.24, 2.45) is 0 Å². The van der Waals surface area contributed by atoms with Gasteiger partial charge in [-0.15, -0.1) is 0 Å². The molecule has 0 atom stereocenters. The molecule has 4 rings (SSSR count). The summed E-state index contributed by atoms with van der Waals surface area (Å²) in [7, 11) is 0. The Kier molecular flexibility index (Phi) is 4.89. The topological polar surface area (TPSA) is 60.1 Å². The average Bonchev–Trinajstić information content (AvgIpc) is 3.34. The third kappa shape index (κ3) is 3.85. The zero-order valence-corrected chi connectivity index (χ0v) is 15.9. The Bertz CT molecular complexity index is 1060. The number of para-hydroxylation sites is 1. The molecule has 2 heterocycles. The normalized spacial score (nSPS) is 10.7. The minimum atomic E-state index is -0.271. The first-order chi connectivity index (χ1) is 13.2. The van der Waals surface area contributed by atoms with Crippen LogP contribution in [0.15, 0.2) is 88.1 Å². The van der Waals surface area contributed by atoms with Crippen LogP contribution in [0.5, 0.6) is 0 Å². The molecule has 0 fully saturated rings. The number of nitrogens with one attached hydrogen (secondary N) is 1. The van der Waals surface area contributed by atoms with Gasteiger partial charge in [0.15, 0.2) is 10.4 Å². The Hall–Kier alpha value is -3.12. The second-order valence-electron chi connectivity index (χ2n) is 5.94. The van der Waals surface area contributed by atoms with E-state index in [2.05, 4.69) is 21.2 Å². The zero-order valence-electron chi connectivity index (χ0n) is 14.3. The monoisotopic (exact) mass is 421 g/mol. The molecule has 0 saturated heterocycles. The molecule has 0 unspecified atom stereocenters. The van der Waals surface area contributed by atoms with Gasteiger partial charge in [0.05, 0.1) is 11.4 Å². The molecule has 1 amide bonds. The maximum atomic E-state index is 12.3. The highest BCUT2D eigenvalue weighted by Gasteiger charge is 2.15. The summed E-state index contributed by atoms with van der Waals surface area (Å²) in [5.41, 5.74) is 3.71. The van der Waals surface area contributed by atoms with Gasteiger partial charge >= 0.3 is 0 Å². The van der Waals surface area contributed by atoms with Gasteiger partial charge < -0.3 is 9.73 Å². The molecule has 6 heteroatoms. The van der Waals surface area contributed by atoms with E-state index in [0.717, 1.165) is 22.5 Å². The predicted molar refractivity (Wildman–Crippen MR) is 107 cm³/mol. The second-order valence-corrected chi connectivity index (χ2v) is 6.72. The van der Waals surface area contributed by atoms with Crippen molar-refractivity contribution in [2.75, 3.05) is 0 Å². The molecular formula is C21H16BrN3O2. The molecule has 0 spiro atoms. The number of hydrogen-bond donors (Lipinski definition) is 1. The summed E-state index contributed by atoms with van der Waals surface area (Å²) < 4.78 is 7.66. The lowest BCUT2D eigenvalue weighted by molar-refractivity contribution is 0.0922. The van der Waals surface area contributed by atoms with Crippen LogP contribution >= 0.6 is 15.9 Å². The van der Waals surface area contributed by atoms with Crippen LogP contribution in [-0.2, 0) is 6.54 Å². The molecule has 27 heavy (non-hydrogen) atoms. The van der Waals surface area contributed by atoms with E-state index in [-0.39, 0.29) is 11.7 Å². The first-order valence-corrected chi connectivity index (χ1v) is 9.23. The van der Waals surface area contributed by atoms with E-state index in [4.69, 9.17) is 9.52 Å². The number of hydrogen-bond acceptors (Lipinski definition) is 3. The fourth-order valence-electron chi connectivity index (χ4n) is 2.79. The summed E-state index contributed by atoms with van der Waals surface area (Å²) in [6.07, 6.45) is 1.94. The first kappa shape index (κ1) is 17.3. The maximum Gasteiger partial charge on any atom is 0.287 e. The Morgan fingerprint density at radius 1 is 1.00 bits per heavy atom. The summed E-state index contributed by atoms with van der Waals surface area (Å²) in [5, 5.41) is 7.64. The molecule has 2 aromatic heterocycles. The highest BCUT2D eigenvalue weighted by atomic mass is 79.9. The lowest BCUT2D eigenvalue weighted by Gasteiger charge is -2.04. The predicted octanol–water partition coefficient (Wildman–Crippen LogP) is 4.82. The van der Waals surface area contributed by atoms with Crippen LogP contribution in [0.25, 0.3) is 16.9 Å². The Balaban J connectivity index is 1.64. The number of carbonyl (C=O) groups is 1. The molecule has 0 aliphatic carbocycles. The number of halogens is 1. The molecule has 5 nitrogen and oxygen atoms in total. The van der Waals surface area contributed by atoms with Gasteiger partial charge in [-0.2, -0.15) is 5.10 Å². The number of rotatable bonds is 5. The Labute approximate surface area is 164 Å². The minimum absolute atomic E-state index is 0.263. The van der Waals surface area contributed by atoms with E-state index in [1.54, 1.807) is 12.1 Å². The van der Waals surface area contributed by atoms with Gasteiger partial charge in [0, 0.05) is 23.9 Å². The number of furan rings is 1. The Morgan fingerprint density at radius 2 is 1.70 bits per heavy atom. The van der Waals surface area contributed by atoms with E-state index in [9.17, 15) is 4.79 Å². The molecule has 0 aliphatic heterocycles. The van der Waals surface area contributed by atoms with Gasteiger partial charge in [0.2, 0.25) is 0 Å². The van der Waals surface area contributed by atoms with Crippen molar-refractivity contribution in [1.82, 2.24) is 15.1 Å². The standard InChI is InChI=1S/C21H16BrN3O2/c22-19-12-11-18(27-19)21(26)23-13-16-14-25(17-9-5-2-6-10-17)24-20(16)15-7-3-1-4-8-15/h1-12,14H,13H2,(H,23,26). The minimum Gasteiger partial charge on any atom is -0.444 e. The van der Waals surface area contributed by atoms with Gasteiger partial charge in [-0.05, 0) is 40.2 Å². The molecule has 4 aromatic rings. The van der Waals surface area contributed by atoms with E-state index < -0.39 is 0 Å². The third-order valence-corrected chi connectivity index (χ3v) is 4.52. The lowest BCUT2D eigenvalue weighted by atomic mass is 10.1. The number of carbonyl (C=O) groups excluding carboxylic acids is 1. The van der Waals surface area contributed by atoms with E-state index >= 15 is 0 Å². The molecule has 0 bridgehead atoms.